The molecule has 0 saturated heterocycles. The fourth-order valence-electron chi connectivity index (χ4n) is 3.28. The van der Waals surface area contributed by atoms with E-state index in [-0.39, 0.29) is 23.1 Å². The maximum atomic E-state index is 12.8. The Morgan fingerprint density at radius 2 is 1.87 bits per heavy atom. The molecule has 0 aliphatic carbocycles. The van der Waals surface area contributed by atoms with Crippen LogP contribution in [0.25, 0.3) is 11.1 Å². The molecule has 1 aliphatic rings. The van der Waals surface area contributed by atoms with E-state index in [2.05, 4.69) is 0 Å². The number of amides is 1. The molecule has 8 heteroatoms. The molecular weight excluding hydrogens is 435 g/mol. The van der Waals surface area contributed by atoms with Crippen molar-refractivity contribution >= 4 is 34.5 Å². The molecule has 3 aromatic rings. The number of phenols is 1. The molecule has 0 fully saturated rings. The van der Waals surface area contributed by atoms with Gasteiger partial charge in [0.25, 0.3) is 0 Å². The normalized spacial score (nSPS) is 12.9. The number of aromatic hydroxyl groups is 1. The second-order valence-electron chi connectivity index (χ2n) is 6.71. The summed E-state index contributed by atoms with van der Waals surface area (Å²) in [6, 6.07) is 15.3. The summed E-state index contributed by atoms with van der Waals surface area (Å²) in [4.78, 5) is 13.2. The lowest BCUT2D eigenvalue weighted by Gasteiger charge is -2.15. The van der Waals surface area contributed by atoms with Crippen molar-refractivity contribution in [3.05, 3.63) is 69.9 Å². The Hall–Kier alpha value is -2.51. The number of aryl methyl sites for hydroxylation is 1. The first kappa shape index (κ1) is 22.2. The van der Waals surface area contributed by atoms with Crippen LogP contribution >= 0.6 is 22.9 Å². The maximum Gasteiger partial charge on any atom is 0.426 e. The molecule has 158 valence electrons. The molecular formula is C22H19ClF3NO2S. The van der Waals surface area contributed by atoms with Gasteiger partial charge in [-0.15, -0.1) is 22.9 Å². The second kappa shape index (κ2) is 9.10. The monoisotopic (exact) mass is 453 g/mol. The minimum Gasteiger partial charge on any atom is -0.508 e. The third-order valence-electron chi connectivity index (χ3n) is 4.57. The van der Waals surface area contributed by atoms with Gasteiger partial charge in [0.1, 0.15) is 16.5 Å². The number of anilines is 1. The van der Waals surface area contributed by atoms with Gasteiger partial charge in [-0.1, -0.05) is 30.3 Å². The number of phenolic OH excluding ortho intramolecular Hbond substituents is 1. The van der Waals surface area contributed by atoms with Crippen LogP contribution in [0.1, 0.15) is 15.3 Å². The molecule has 2 heterocycles. The number of thiophene rings is 1. The average molecular weight is 454 g/mol. The van der Waals surface area contributed by atoms with Gasteiger partial charge in [-0.3, -0.25) is 4.79 Å². The van der Waals surface area contributed by atoms with Gasteiger partial charge in [0, 0.05) is 22.7 Å². The Bertz CT molecular complexity index is 1030. The summed E-state index contributed by atoms with van der Waals surface area (Å²) in [6.07, 6.45) is -3.49. The van der Waals surface area contributed by atoms with Crippen LogP contribution < -0.4 is 4.90 Å². The summed E-state index contributed by atoms with van der Waals surface area (Å²) in [5.74, 6) is 0.153. The summed E-state index contributed by atoms with van der Waals surface area (Å²) in [6.45, 7) is 2.34. The standard InChI is InChI=1S/C12H9F3S.C10H10ClNO2/c1-8-7-10(9-5-3-2-4-6-9)11(16-8)12(13,14)15;11-6-10(14)12-4-3-7-5-8(13)1-2-9(7)12/h2-7H,1H3;1-2,5,13H,3-4,6H2. The van der Waals surface area contributed by atoms with Crippen LogP contribution in [0, 0.1) is 6.92 Å². The Morgan fingerprint density at radius 3 is 2.50 bits per heavy atom. The molecule has 0 saturated carbocycles. The molecule has 2 aromatic carbocycles. The van der Waals surface area contributed by atoms with Crippen molar-refractivity contribution < 1.29 is 23.1 Å². The minimum absolute atomic E-state index is 0.000314. The van der Waals surface area contributed by atoms with Crippen LogP contribution in [0.4, 0.5) is 18.9 Å². The van der Waals surface area contributed by atoms with E-state index >= 15 is 0 Å². The summed E-state index contributed by atoms with van der Waals surface area (Å²) in [7, 11) is 0. The highest BCUT2D eigenvalue weighted by molar-refractivity contribution is 7.12. The lowest BCUT2D eigenvalue weighted by atomic mass is 10.1. The molecule has 30 heavy (non-hydrogen) atoms. The molecule has 1 amide bonds. The van der Waals surface area contributed by atoms with Gasteiger partial charge in [0.15, 0.2) is 0 Å². The predicted molar refractivity (Wildman–Crippen MR) is 114 cm³/mol. The molecule has 0 unspecified atom stereocenters. The first-order valence-electron chi connectivity index (χ1n) is 9.12. The van der Waals surface area contributed by atoms with Crippen molar-refractivity contribution in [2.24, 2.45) is 0 Å². The molecule has 0 atom stereocenters. The summed E-state index contributed by atoms with van der Waals surface area (Å²) in [5.41, 5.74) is 2.76. The molecule has 1 N–H and O–H groups in total. The zero-order valence-corrected chi connectivity index (χ0v) is 17.6. The van der Waals surface area contributed by atoms with Gasteiger partial charge in [-0.05, 0) is 48.7 Å². The third kappa shape index (κ3) is 4.96. The molecule has 4 rings (SSSR count). The molecule has 1 aliphatic heterocycles. The van der Waals surface area contributed by atoms with E-state index < -0.39 is 11.1 Å². The number of halogens is 4. The Labute approximate surface area is 181 Å². The first-order valence-corrected chi connectivity index (χ1v) is 10.5. The zero-order chi connectivity index (χ0) is 21.9. The highest BCUT2D eigenvalue weighted by Crippen LogP contribution is 2.42. The van der Waals surface area contributed by atoms with Gasteiger partial charge in [-0.2, -0.15) is 13.2 Å². The number of rotatable bonds is 2. The van der Waals surface area contributed by atoms with Crippen molar-refractivity contribution in [1.29, 1.82) is 0 Å². The van der Waals surface area contributed by atoms with Gasteiger partial charge in [-0.25, -0.2) is 0 Å². The number of carbonyl (C=O) groups excluding carboxylic acids is 1. The van der Waals surface area contributed by atoms with Gasteiger partial charge in [0.2, 0.25) is 5.91 Å². The van der Waals surface area contributed by atoms with Crippen LogP contribution in [0.3, 0.4) is 0 Å². The van der Waals surface area contributed by atoms with Crippen LogP contribution in [-0.4, -0.2) is 23.4 Å². The fraction of sp³-hybridized carbons (Fsp3) is 0.227. The van der Waals surface area contributed by atoms with Gasteiger partial charge in [0.05, 0.1) is 0 Å². The van der Waals surface area contributed by atoms with E-state index in [1.165, 1.54) is 0 Å². The van der Waals surface area contributed by atoms with E-state index in [0.717, 1.165) is 29.0 Å². The smallest absolute Gasteiger partial charge is 0.426 e. The maximum absolute atomic E-state index is 12.8. The quantitative estimate of drug-likeness (QED) is 0.465. The van der Waals surface area contributed by atoms with Crippen LogP contribution in [-0.2, 0) is 17.4 Å². The lowest BCUT2D eigenvalue weighted by Crippen LogP contribution is -2.29. The molecule has 1 aromatic heterocycles. The van der Waals surface area contributed by atoms with E-state index in [1.54, 1.807) is 66.4 Å². The lowest BCUT2D eigenvalue weighted by molar-refractivity contribution is -0.133. The van der Waals surface area contributed by atoms with Gasteiger partial charge < -0.3 is 10.0 Å². The number of benzene rings is 2. The SMILES string of the molecule is Cc1cc(-c2ccccc2)c(C(F)(F)F)s1.O=C(CCl)N1CCc2cc(O)ccc21. The highest BCUT2D eigenvalue weighted by atomic mass is 35.5. The van der Waals surface area contributed by atoms with Crippen molar-refractivity contribution in [2.45, 2.75) is 19.5 Å². The van der Waals surface area contributed by atoms with E-state index in [0.29, 0.717) is 17.0 Å². The van der Waals surface area contributed by atoms with Crippen LogP contribution in [0.2, 0.25) is 0 Å². The summed E-state index contributed by atoms with van der Waals surface area (Å²) >= 11 is 6.28. The number of carbonyl (C=O) groups is 1. The molecule has 0 spiro atoms. The van der Waals surface area contributed by atoms with E-state index in [4.69, 9.17) is 11.6 Å². The molecule has 3 nitrogen and oxygen atoms in total. The van der Waals surface area contributed by atoms with E-state index in [9.17, 15) is 23.1 Å². The first-order chi connectivity index (χ1) is 14.2. The Kier molecular flexibility index (Phi) is 6.73. The number of nitrogens with zero attached hydrogens (tertiary/aromatic N) is 1. The summed E-state index contributed by atoms with van der Waals surface area (Å²) in [5, 5.41) is 9.25. The molecule has 0 radical (unpaired) electrons. The van der Waals surface area contributed by atoms with Crippen molar-refractivity contribution in [3.8, 4) is 16.9 Å². The van der Waals surface area contributed by atoms with Gasteiger partial charge >= 0.3 is 6.18 Å². The largest absolute Gasteiger partial charge is 0.508 e. The summed E-state index contributed by atoms with van der Waals surface area (Å²) < 4.78 is 38.3. The second-order valence-corrected chi connectivity index (χ2v) is 8.23. The highest BCUT2D eigenvalue weighted by Gasteiger charge is 2.35. The van der Waals surface area contributed by atoms with E-state index in [1.807, 2.05) is 0 Å². The van der Waals surface area contributed by atoms with Crippen molar-refractivity contribution in [2.75, 3.05) is 17.3 Å². The number of hydrogen-bond acceptors (Lipinski definition) is 3. The topological polar surface area (TPSA) is 40.5 Å². The Morgan fingerprint density at radius 1 is 1.17 bits per heavy atom. The zero-order valence-electron chi connectivity index (χ0n) is 16.0. The van der Waals surface area contributed by atoms with Crippen molar-refractivity contribution in [1.82, 2.24) is 0 Å². The van der Waals surface area contributed by atoms with Crippen molar-refractivity contribution in [3.63, 3.8) is 0 Å². The Balaban J connectivity index is 0.000000172. The third-order valence-corrected chi connectivity index (χ3v) is 5.90. The number of hydrogen-bond donors (Lipinski definition) is 1. The average Bonchev–Trinajstić information content (AvgIpc) is 3.31. The number of fused-ring (bicyclic) bond motifs is 1. The van der Waals surface area contributed by atoms with Crippen LogP contribution in [0.5, 0.6) is 5.75 Å². The fourth-order valence-corrected chi connectivity index (χ4v) is 4.32. The number of alkyl halides is 4. The molecule has 0 bridgehead atoms. The minimum atomic E-state index is -4.27. The predicted octanol–water partition coefficient (Wildman–Crippen LogP) is 6.26. The van der Waals surface area contributed by atoms with Crippen LogP contribution in [0.15, 0.2) is 54.6 Å².